The number of hydrogen-bond acceptors (Lipinski definition) is 12. The number of halogens is 1. The lowest BCUT2D eigenvalue weighted by atomic mass is 10.1. The van der Waals surface area contributed by atoms with Gasteiger partial charge in [-0.05, 0) is 51.7 Å². The number of rotatable bonds is 16. The molecule has 2 heterocycles. The van der Waals surface area contributed by atoms with E-state index < -0.39 is 29.4 Å². The number of amides is 2. The van der Waals surface area contributed by atoms with E-state index in [1.165, 1.54) is 19.4 Å². The minimum atomic E-state index is -1.18. The van der Waals surface area contributed by atoms with Crippen LogP contribution in [0.4, 0.5) is 0 Å². The van der Waals surface area contributed by atoms with E-state index >= 15 is 0 Å². The Morgan fingerprint density at radius 2 is 1.87 bits per heavy atom. The average Bonchev–Trinajstić information content (AvgIpc) is 3.75. The maximum atomic E-state index is 13.4. The molecule has 0 aliphatic heterocycles. The Hall–Kier alpha value is -4.27. The summed E-state index contributed by atoms with van der Waals surface area (Å²) < 4.78 is 21.9. The van der Waals surface area contributed by atoms with E-state index in [1.807, 2.05) is 30.3 Å². The summed E-state index contributed by atoms with van der Waals surface area (Å²) in [4.78, 5) is 47.7. The molecule has 0 spiro atoms. The number of hydrazine groups is 1. The van der Waals surface area contributed by atoms with Crippen molar-refractivity contribution in [2.75, 3.05) is 20.3 Å². The summed E-state index contributed by atoms with van der Waals surface area (Å²) in [6, 6.07) is 9.72. The third-order valence-electron chi connectivity index (χ3n) is 6.62. The van der Waals surface area contributed by atoms with E-state index in [0.717, 1.165) is 18.4 Å². The number of nitrogens with one attached hydrogen (secondary N) is 3. The van der Waals surface area contributed by atoms with Crippen LogP contribution in [-0.2, 0) is 27.2 Å². The summed E-state index contributed by atoms with van der Waals surface area (Å²) in [5.74, 6) is -0.275. The second kappa shape index (κ2) is 16.9. The number of benzene rings is 1. The van der Waals surface area contributed by atoms with Crippen LogP contribution < -0.4 is 31.4 Å². The highest BCUT2D eigenvalue weighted by atomic mass is 35.5. The van der Waals surface area contributed by atoms with E-state index in [-0.39, 0.29) is 55.2 Å². The molecule has 0 radical (unpaired) electrons. The topological polar surface area (TPSA) is 193 Å². The van der Waals surface area contributed by atoms with Crippen molar-refractivity contribution in [2.24, 2.45) is 5.73 Å². The molecule has 3 aromatic rings. The van der Waals surface area contributed by atoms with Gasteiger partial charge in [-0.1, -0.05) is 35.5 Å². The van der Waals surface area contributed by atoms with Gasteiger partial charge in [-0.2, -0.15) is 4.98 Å². The van der Waals surface area contributed by atoms with Gasteiger partial charge in [-0.25, -0.2) is 10.4 Å². The minimum Gasteiger partial charge on any atom is -0.491 e. The van der Waals surface area contributed by atoms with Gasteiger partial charge in [0.25, 0.3) is 5.91 Å². The zero-order valence-corrected chi connectivity index (χ0v) is 27.2. The second-order valence-electron chi connectivity index (χ2n) is 11.8. The molecule has 1 saturated carbocycles. The van der Waals surface area contributed by atoms with Crippen molar-refractivity contribution in [1.82, 2.24) is 31.3 Å². The molecule has 15 heteroatoms. The number of carbonyl (C=O) groups is 3. The molecule has 2 amide bonds. The number of esters is 1. The molecule has 14 nitrogen and oxygen atoms in total. The molecule has 2 aromatic heterocycles. The molecule has 0 bridgehead atoms. The fourth-order valence-electron chi connectivity index (χ4n) is 4.35. The van der Waals surface area contributed by atoms with E-state index in [1.54, 1.807) is 20.8 Å². The zero-order chi connectivity index (χ0) is 32.4. The fourth-order valence-corrected chi connectivity index (χ4v) is 4.35. The molecule has 1 fully saturated rings. The molecule has 4 rings (SSSR count). The van der Waals surface area contributed by atoms with Gasteiger partial charge in [0.15, 0.2) is 5.82 Å². The maximum Gasteiger partial charge on any atom is 0.308 e. The maximum absolute atomic E-state index is 13.4. The first kappa shape index (κ1) is 36.2. The van der Waals surface area contributed by atoms with Crippen molar-refractivity contribution in [3.05, 3.63) is 65.4 Å². The normalized spacial score (nSPS) is 13.9. The van der Waals surface area contributed by atoms with E-state index in [4.69, 9.17) is 24.5 Å². The van der Waals surface area contributed by atoms with Crippen LogP contribution in [0.25, 0.3) is 0 Å². The van der Waals surface area contributed by atoms with Crippen LogP contribution in [0.2, 0.25) is 0 Å². The van der Waals surface area contributed by atoms with Gasteiger partial charge in [0, 0.05) is 31.1 Å². The van der Waals surface area contributed by atoms with E-state index in [0.29, 0.717) is 30.5 Å². The Kier molecular flexibility index (Phi) is 13.3. The summed E-state index contributed by atoms with van der Waals surface area (Å²) in [5.41, 5.74) is 11.7. The van der Waals surface area contributed by atoms with Gasteiger partial charge in [0.2, 0.25) is 17.7 Å². The van der Waals surface area contributed by atoms with Crippen molar-refractivity contribution in [1.29, 1.82) is 0 Å². The standard InChI is InChI=1S/C31H41N7O7.ClH/c1-31(2,3)44-25(39)17-22(28(40)33-15-13-24-35-27(38-45-24)20-10-11-20)36-37-29(41)26-23(12-14-34-30(26)42-4)43-18-21(32)16-19-8-6-5-7-9-19;/h5-9,12,14,20-22,36H,10-11,13,15-18,32H2,1-4H3,(H,33,40)(H,37,41);1H. The number of hydrogen-bond donors (Lipinski definition) is 4. The number of pyridine rings is 1. The molecular weight excluding hydrogens is 618 g/mol. The number of nitrogens with two attached hydrogens (primary N) is 1. The number of ether oxygens (including phenoxy) is 3. The van der Waals surface area contributed by atoms with Crippen LogP contribution >= 0.6 is 12.4 Å². The lowest BCUT2D eigenvalue weighted by Gasteiger charge is -2.23. The SMILES string of the molecule is COc1nccc(OCC(N)Cc2ccccc2)c1C(=O)NNC(CC(=O)OC(C)(C)C)C(=O)NCCc1nc(C2CC2)no1.Cl. The Bertz CT molecular complexity index is 1440. The summed E-state index contributed by atoms with van der Waals surface area (Å²) in [6.07, 6.45) is 4.03. The Balaban J connectivity index is 0.00000576. The van der Waals surface area contributed by atoms with Gasteiger partial charge < -0.3 is 29.8 Å². The minimum absolute atomic E-state index is 0. The van der Waals surface area contributed by atoms with Gasteiger partial charge in [-0.3, -0.25) is 19.8 Å². The highest BCUT2D eigenvalue weighted by Gasteiger charge is 2.30. The van der Waals surface area contributed by atoms with Crippen LogP contribution in [0.15, 0.2) is 47.1 Å². The van der Waals surface area contributed by atoms with Crippen molar-refractivity contribution in [3.63, 3.8) is 0 Å². The first-order valence-electron chi connectivity index (χ1n) is 14.9. The van der Waals surface area contributed by atoms with Crippen LogP contribution in [-0.4, -0.2) is 70.9 Å². The Labute approximate surface area is 273 Å². The number of methoxy groups -OCH3 is 1. The van der Waals surface area contributed by atoms with Crippen molar-refractivity contribution >= 4 is 30.2 Å². The molecular formula is C31H42ClN7O7. The third-order valence-corrected chi connectivity index (χ3v) is 6.62. The van der Waals surface area contributed by atoms with Gasteiger partial charge in [0.05, 0.1) is 13.5 Å². The number of aromatic nitrogens is 3. The van der Waals surface area contributed by atoms with E-state index in [2.05, 4.69) is 31.3 Å². The van der Waals surface area contributed by atoms with E-state index in [9.17, 15) is 14.4 Å². The van der Waals surface area contributed by atoms with Crippen molar-refractivity contribution in [3.8, 4) is 11.6 Å². The Morgan fingerprint density at radius 1 is 1.13 bits per heavy atom. The van der Waals surface area contributed by atoms with Crippen LogP contribution in [0.5, 0.6) is 11.6 Å². The monoisotopic (exact) mass is 659 g/mol. The van der Waals surface area contributed by atoms with Crippen LogP contribution in [0.3, 0.4) is 0 Å². The molecule has 2 unspecified atom stereocenters. The summed E-state index contributed by atoms with van der Waals surface area (Å²) >= 11 is 0. The highest BCUT2D eigenvalue weighted by Crippen LogP contribution is 2.38. The molecule has 1 aromatic carbocycles. The molecule has 1 aliphatic rings. The third kappa shape index (κ3) is 11.3. The van der Waals surface area contributed by atoms with Gasteiger partial charge in [0.1, 0.15) is 29.6 Å². The number of carbonyl (C=O) groups excluding carboxylic acids is 3. The quantitative estimate of drug-likeness (QED) is 0.130. The smallest absolute Gasteiger partial charge is 0.308 e. The predicted octanol–water partition coefficient (Wildman–Crippen LogP) is 2.41. The van der Waals surface area contributed by atoms with Gasteiger partial charge in [-0.15, -0.1) is 12.4 Å². The largest absolute Gasteiger partial charge is 0.491 e. The lowest BCUT2D eigenvalue weighted by Crippen LogP contribution is -2.53. The molecule has 1 aliphatic carbocycles. The van der Waals surface area contributed by atoms with Crippen LogP contribution in [0, 0.1) is 0 Å². The fraction of sp³-hybridized carbons (Fsp3) is 0.484. The summed E-state index contributed by atoms with van der Waals surface area (Å²) in [6.45, 7) is 5.44. The summed E-state index contributed by atoms with van der Waals surface area (Å²) in [5, 5.41) is 6.71. The van der Waals surface area contributed by atoms with Crippen LogP contribution in [0.1, 0.15) is 73.6 Å². The molecule has 250 valence electrons. The molecule has 2 atom stereocenters. The molecule has 0 saturated heterocycles. The first-order valence-corrected chi connectivity index (χ1v) is 14.9. The van der Waals surface area contributed by atoms with Gasteiger partial charge >= 0.3 is 5.97 Å². The Morgan fingerprint density at radius 3 is 2.54 bits per heavy atom. The second-order valence-corrected chi connectivity index (χ2v) is 11.8. The highest BCUT2D eigenvalue weighted by molar-refractivity contribution is 5.99. The van der Waals surface area contributed by atoms with Crippen molar-refractivity contribution in [2.45, 2.75) is 76.5 Å². The number of nitrogens with zero attached hydrogens (tertiary/aromatic N) is 3. The molecule has 46 heavy (non-hydrogen) atoms. The van der Waals surface area contributed by atoms with Crippen molar-refractivity contribution < 1.29 is 33.1 Å². The lowest BCUT2D eigenvalue weighted by molar-refractivity contribution is -0.156. The molecule has 5 N–H and O–H groups in total. The zero-order valence-electron chi connectivity index (χ0n) is 26.4. The predicted molar refractivity (Wildman–Crippen MR) is 169 cm³/mol. The first-order chi connectivity index (χ1) is 21.5. The summed E-state index contributed by atoms with van der Waals surface area (Å²) in [7, 11) is 1.37. The average molecular weight is 660 g/mol.